The summed E-state index contributed by atoms with van der Waals surface area (Å²) in [5, 5.41) is 8.58. The van der Waals surface area contributed by atoms with Crippen LogP contribution in [-0.2, 0) is 20.8 Å². The second-order valence-corrected chi connectivity index (χ2v) is 14.6. The van der Waals surface area contributed by atoms with Crippen LogP contribution in [0, 0.1) is 5.82 Å². The van der Waals surface area contributed by atoms with E-state index in [1.165, 1.54) is 6.07 Å². The fourth-order valence-corrected chi connectivity index (χ4v) is 8.58. The first-order valence-electron chi connectivity index (χ1n) is 18.9. The third-order valence-corrected chi connectivity index (χ3v) is 11.3. The van der Waals surface area contributed by atoms with Gasteiger partial charge in [0.25, 0.3) is 0 Å². The van der Waals surface area contributed by atoms with Gasteiger partial charge in [-0.2, -0.15) is 0 Å². The second-order valence-electron chi connectivity index (χ2n) is 14.6. The van der Waals surface area contributed by atoms with E-state index >= 15 is 0 Å². The number of nitrogens with one attached hydrogen (secondary N) is 1. The van der Waals surface area contributed by atoms with Crippen LogP contribution in [0.5, 0.6) is 0 Å². The maximum absolute atomic E-state index is 14.1. The molecule has 1 N–H and O–H groups in total. The second kappa shape index (κ2) is 14.3. The van der Waals surface area contributed by atoms with Crippen molar-refractivity contribution in [3.63, 3.8) is 0 Å². The lowest BCUT2D eigenvalue weighted by Gasteiger charge is -2.35. The predicted molar refractivity (Wildman–Crippen MR) is 204 cm³/mol. The molecule has 5 aromatic rings. The number of hydrogen-bond acceptors (Lipinski definition) is 10. The van der Waals surface area contributed by atoms with Crippen LogP contribution in [-0.4, -0.2) is 93.8 Å². The number of fused-ring (bicyclic) bond motifs is 2. The minimum Gasteiger partial charge on any atom is -0.383 e. The Hall–Kier alpha value is -5.69. The smallest absolute Gasteiger partial charge is 0.232 e. The van der Waals surface area contributed by atoms with Crippen molar-refractivity contribution in [1.82, 2.24) is 24.5 Å². The van der Waals surface area contributed by atoms with Crippen LogP contribution >= 0.6 is 0 Å². The van der Waals surface area contributed by atoms with Gasteiger partial charge in [-0.05, 0) is 73.4 Å². The van der Waals surface area contributed by atoms with Crippen molar-refractivity contribution < 1.29 is 18.8 Å². The summed E-state index contributed by atoms with van der Waals surface area (Å²) in [6, 6.07) is 22.3. The van der Waals surface area contributed by atoms with E-state index in [9.17, 15) is 18.8 Å². The van der Waals surface area contributed by atoms with E-state index in [1.807, 2.05) is 59.2 Å². The monoisotopic (exact) mass is 727 g/mol. The number of piperazine rings is 1. The largest absolute Gasteiger partial charge is 0.383 e. The molecule has 6 heterocycles. The van der Waals surface area contributed by atoms with Crippen molar-refractivity contribution in [3.8, 4) is 11.4 Å². The van der Waals surface area contributed by atoms with E-state index in [0.29, 0.717) is 12.8 Å². The van der Waals surface area contributed by atoms with Crippen LogP contribution in [0.2, 0.25) is 0 Å². The maximum Gasteiger partial charge on any atom is 0.232 e. The van der Waals surface area contributed by atoms with E-state index in [0.717, 1.165) is 110 Å². The lowest BCUT2D eigenvalue weighted by molar-refractivity contribution is -0.132. The molecule has 4 aliphatic rings. The molecule has 1 unspecified atom stereocenters. The molecule has 1 amide bonds. The fraction of sp³-hybridized carbons (Fsp3) is 0.366. The zero-order chi connectivity index (χ0) is 36.8. The average Bonchev–Trinajstić information content (AvgIpc) is 3.93. The highest BCUT2D eigenvalue weighted by Crippen LogP contribution is 2.38. The van der Waals surface area contributed by atoms with Crippen LogP contribution in [0.3, 0.4) is 0 Å². The zero-order valence-corrected chi connectivity index (χ0v) is 30.0. The number of pyridine rings is 1. The third kappa shape index (κ3) is 6.46. The number of aromatic nitrogens is 4. The molecule has 3 fully saturated rings. The van der Waals surface area contributed by atoms with Crippen LogP contribution in [0.15, 0.2) is 79.0 Å². The SMILES string of the molecule is O=C1CCC(N2C(=O)Cc3c(NCCN4CCN(c5cccc(-c6cnc7ccc(N8CCC[C@@H]8c8cccc(F)c8)nn67)n5)CC4)cccc32)C(=O)C1. The highest BCUT2D eigenvalue weighted by Gasteiger charge is 2.40. The van der Waals surface area contributed by atoms with Crippen molar-refractivity contribution >= 4 is 46.1 Å². The Labute approximate surface area is 312 Å². The molecule has 3 aliphatic heterocycles. The quantitative estimate of drug-likeness (QED) is 0.206. The van der Waals surface area contributed by atoms with Gasteiger partial charge in [0.1, 0.15) is 28.9 Å². The summed E-state index contributed by atoms with van der Waals surface area (Å²) in [5.74, 6) is 1.23. The molecular formula is C41H42FN9O3. The molecule has 0 spiro atoms. The molecule has 276 valence electrons. The van der Waals surface area contributed by atoms with Gasteiger partial charge in [-0.25, -0.2) is 18.9 Å². The van der Waals surface area contributed by atoms with Gasteiger partial charge in [-0.1, -0.05) is 24.3 Å². The average molecular weight is 728 g/mol. The lowest BCUT2D eigenvalue weighted by Crippen LogP contribution is -2.47. The Bertz CT molecular complexity index is 2250. The Kier molecular flexibility index (Phi) is 9.01. The van der Waals surface area contributed by atoms with Crippen molar-refractivity contribution in [2.24, 2.45) is 0 Å². The summed E-state index contributed by atoms with van der Waals surface area (Å²) in [7, 11) is 0. The molecule has 1 saturated carbocycles. The van der Waals surface area contributed by atoms with Crippen LogP contribution in [0.4, 0.5) is 27.4 Å². The highest BCUT2D eigenvalue weighted by atomic mass is 19.1. The van der Waals surface area contributed by atoms with Gasteiger partial charge in [0.2, 0.25) is 5.91 Å². The van der Waals surface area contributed by atoms with Crippen molar-refractivity contribution in [1.29, 1.82) is 0 Å². The standard InChI is InChI=1S/C41H42FN9O3/c42-28-6-1-5-27(23-28)33-10-4-17-49(33)40-15-14-38-44-26-36(51(38)46-40)32-8-3-11-39(45-32)48-21-19-47(20-22-48)18-16-43-31-7-2-9-34-30(31)25-41(54)50(34)35-13-12-29(52)24-37(35)53/h1-3,5-9,11,14-15,23,26,33,35,43H,4,10,12-13,16-22,24-25H2/t33-,35?/m1/s1. The Morgan fingerprint density at radius 3 is 2.54 bits per heavy atom. The molecule has 2 atom stereocenters. The first-order chi connectivity index (χ1) is 26.4. The number of anilines is 4. The van der Waals surface area contributed by atoms with Crippen molar-refractivity contribution in [3.05, 3.63) is 95.9 Å². The van der Waals surface area contributed by atoms with Gasteiger partial charge >= 0.3 is 0 Å². The number of rotatable bonds is 9. The topological polar surface area (TPSA) is 119 Å². The molecule has 2 aromatic carbocycles. The van der Waals surface area contributed by atoms with E-state index in [-0.39, 0.29) is 42.2 Å². The van der Waals surface area contributed by atoms with Gasteiger partial charge in [-0.3, -0.25) is 19.3 Å². The van der Waals surface area contributed by atoms with Crippen molar-refractivity contribution in [2.75, 3.05) is 65.8 Å². The maximum atomic E-state index is 14.1. The molecule has 0 radical (unpaired) electrons. The summed E-state index contributed by atoms with van der Waals surface area (Å²) in [6.45, 7) is 5.87. The van der Waals surface area contributed by atoms with E-state index < -0.39 is 6.04 Å². The van der Waals surface area contributed by atoms with Gasteiger partial charge in [0, 0.05) is 63.5 Å². The molecule has 1 aliphatic carbocycles. The summed E-state index contributed by atoms with van der Waals surface area (Å²) in [4.78, 5) is 55.8. The number of imidazole rings is 1. The molecule has 9 rings (SSSR count). The number of carbonyl (C=O) groups excluding carboxylic acids is 3. The normalized spacial score (nSPS) is 20.7. The van der Waals surface area contributed by atoms with E-state index in [4.69, 9.17) is 10.1 Å². The van der Waals surface area contributed by atoms with E-state index in [1.54, 1.807) is 17.0 Å². The zero-order valence-electron chi connectivity index (χ0n) is 30.0. The van der Waals surface area contributed by atoms with E-state index in [2.05, 4.69) is 31.1 Å². The third-order valence-electron chi connectivity index (χ3n) is 11.3. The van der Waals surface area contributed by atoms with Gasteiger partial charge < -0.3 is 20.0 Å². The van der Waals surface area contributed by atoms with Crippen molar-refractivity contribution in [2.45, 2.75) is 50.6 Å². The van der Waals surface area contributed by atoms with Crippen LogP contribution in [0.1, 0.15) is 49.3 Å². The van der Waals surface area contributed by atoms with Crippen LogP contribution in [0.25, 0.3) is 17.0 Å². The number of benzene rings is 2. The van der Waals surface area contributed by atoms with Gasteiger partial charge in [0.15, 0.2) is 11.4 Å². The Morgan fingerprint density at radius 1 is 0.833 bits per heavy atom. The Morgan fingerprint density at radius 2 is 1.69 bits per heavy atom. The summed E-state index contributed by atoms with van der Waals surface area (Å²) >= 11 is 0. The highest BCUT2D eigenvalue weighted by molar-refractivity contribution is 6.12. The minimum atomic E-state index is -0.552. The number of Topliss-reactive ketones (excluding diaryl/α,β-unsaturated/α-hetero) is 2. The molecule has 3 aromatic heterocycles. The number of carbonyl (C=O) groups is 3. The Balaban J connectivity index is 0.830. The molecule has 2 saturated heterocycles. The molecule has 0 bridgehead atoms. The summed E-state index contributed by atoms with van der Waals surface area (Å²) in [6.07, 6.45) is 4.67. The molecule has 54 heavy (non-hydrogen) atoms. The number of hydrogen-bond donors (Lipinski definition) is 1. The summed E-state index contributed by atoms with van der Waals surface area (Å²) < 4.78 is 15.9. The molecule has 12 nitrogen and oxygen atoms in total. The number of nitrogens with zero attached hydrogens (tertiary/aromatic N) is 8. The molecular weight excluding hydrogens is 686 g/mol. The first-order valence-corrected chi connectivity index (χ1v) is 18.9. The molecule has 13 heteroatoms. The minimum absolute atomic E-state index is 0.0455. The van der Waals surface area contributed by atoms with Gasteiger partial charge in [0.05, 0.1) is 42.5 Å². The lowest BCUT2D eigenvalue weighted by atomic mass is 9.91. The number of halogens is 1. The van der Waals surface area contributed by atoms with Crippen LogP contribution < -0.4 is 20.0 Å². The van der Waals surface area contributed by atoms with Gasteiger partial charge in [-0.15, -0.1) is 5.10 Å². The number of ketones is 2. The number of amides is 1. The first kappa shape index (κ1) is 34.1. The summed E-state index contributed by atoms with van der Waals surface area (Å²) in [5.41, 5.74) is 5.94. The fourth-order valence-electron chi connectivity index (χ4n) is 8.58. The predicted octanol–water partition coefficient (Wildman–Crippen LogP) is 5.09.